The Morgan fingerprint density at radius 3 is 2.36 bits per heavy atom. The Hall–Kier alpha value is -2.51. The molecule has 8 heteroatoms. The fraction of sp³-hybridized carbons (Fsp3) is 0.294. The van der Waals surface area contributed by atoms with E-state index in [1.54, 1.807) is 0 Å². The molecule has 1 heterocycles. The van der Waals surface area contributed by atoms with Gasteiger partial charge in [-0.3, -0.25) is 0 Å². The first-order valence-corrected chi connectivity index (χ1v) is 7.93. The van der Waals surface area contributed by atoms with Crippen molar-refractivity contribution in [2.45, 2.75) is 26.4 Å². The van der Waals surface area contributed by atoms with E-state index in [9.17, 15) is 9.59 Å². The zero-order valence-electron chi connectivity index (χ0n) is 14.0. The summed E-state index contributed by atoms with van der Waals surface area (Å²) in [4.78, 5) is 22.3. The van der Waals surface area contributed by atoms with Crippen LogP contribution in [0.4, 0.5) is 0 Å². The van der Waals surface area contributed by atoms with Crippen LogP contribution in [0.3, 0.4) is 0 Å². The van der Waals surface area contributed by atoms with Crippen molar-refractivity contribution >= 4 is 34.4 Å². The molecule has 0 fully saturated rings. The van der Waals surface area contributed by atoms with Crippen molar-refractivity contribution < 1.29 is 24.5 Å². The molecular formula is C17H21ClN2O5. The number of ether oxygens (including phenoxy) is 1. The average Bonchev–Trinajstić information content (AvgIpc) is 2.92. The van der Waals surface area contributed by atoms with Gasteiger partial charge in [-0.05, 0) is 44.5 Å². The lowest BCUT2D eigenvalue weighted by Crippen LogP contribution is -2.06. The Kier molecular flexibility index (Phi) is 7.97. The van der Waals surface area contributed by atoms with Crippen LogP contribution in [0.5, 0.6) is 5.75 Å². The first-order valence-electron chi connectivity index (χ1n) is 7.55. The number of rotatable bonds is 6. The third-order valence-electron chi connectivity index (χ3n) is 2.97. The maximum atomic E-state index is 9.55. The van der Waals surface area contributed by atoms with Crippen LogP contribution >= 0.6 is 11.6 Å². The van der Waals surface area contributed by atoms with Gasteiger partial charge in [-0.2, -0.15) is 0 Å². The summed E-state index contributed by atoms with van der Waals surface area (Å²) in [5.74, 6) is -1.79. The average molecular weight is 369 g/mol. The van der Waals surface area contributed by atoms with Gasteiger partial charge in [0, 0.05) is 29.3 Å². The van der Waals surface area contributed by atoms with E-state index < -0.39 is 11.9 Å². The molecule has 2 aromatic rings. The van der Waals surface area contributed by atoms with Gasteiger partial charge in [0.25, 0.3) is 0 Å². The lowest BCUT2D eigenvalue weighted by Gasteiger charge is -2.12. The number of aromatic nitrogens is 1. The van der Waals surface area contributed by atoms with Crippen LogP contribution in [0.25, 0.3) is 10.9 Å². The number of carbonyl (C=O) groups is 2. The molecule has 1 aromatic heterocycles. The molecule has 0 atom stereocenters. The monoisotopic (exact) mass is 368 g/mol. The van der Waals surface area contributed by atoms with Crippen molar-refractivity contribution in [3.63, 3.8) is 0 Å². The van der Waals surface area contributed by atoms with Crippen molar-refractivity contribution in [1.82, 2.24) is 4.98 Å². The maximum absolute atomic E-state index is 9.55. The van der Waals surface area contributed by atoms with Gasteiger partial charge in [0.2, 0.25) is 0 Å². The second-order valence-corrected chi connectivity index (χ2v) is 5.71. The van der Waals surface area contributed by atoms with Gasteiger partial charge in [0.1, 0.15) is 5.75 Å². The van der Waals surface area contributed by atoms with E-state index in [1.165, 1.54) is 0 Å². The summed E-state index contributed by atoms with van der Waals surface area (Å²) in [7, 11) is 0. The minimum Gasteiger partial charge on any atom is -0.489 e. The number of aromatic amines is 1. The van der Waals surface area contributed by atoms with E-state index >= 15 is 0 Å². The number of hydrogen-bond acceptors (Lipinski definition) is 4. The number of carboxylic acid groups (broad SMARTS) is 2. The fourth-order valence-electron chi connectivity index (χ4n) is 2.07. The summed E-state index contributed by atoms with van der Waals surface area (Å²) in [6.45, 7) is 4.58. The molecule has 25 heavy (non-hydrogen) atoms. The molecule has 2 rings (SSSR count). The second kappa shape index (κ2) is 9.71. The number of halogens is 1. The van der Waals surface area contributed by atoms with Gasteiger partial charge >= 0.3 is 11.9 Å². The van der Waals surface area contributed by atoms with Gasteiger partial charge in [-0.15, -0.1) is 0 Å². The molecule has 7 nitrogen and oxygen atoms in total. The van der Waals surface area contributed by atoms with Crippen molar-refractivity contribution in [3.8, 4) is 5.75 Å². The highest BCUT2D eigenvalue weighted by atomic mass is 35.5. The first kappa shape index (κ1) is 20.5. The Bertz CT molecular complexity index is 752. The van der Waals surface area contributed by atoms with Gasteiger partial charge in [-0.25, -0.2) is 9.59 Å². The number of nitrogens with two attached hydrogens (primary N) is 1. The summed E-state index contributed by atoms with van der Waals surface area (Å²) >= 11 is 6.38. The Balaban J connectivity index is 0.000000333. The highest BCUT2D eigenvalue weighted by Crippen LogP contribution is 2.35. The molecule has 0 spiro atoms. The van der Waals surface area contributed by atoms with Crippen LogP contribution in [0.2, 0.25) is 5.02 Å². The lowest BCUT2D eigenvalue weighted by molar-refractivity contribution is -0.134. The molecule has 0 amide bonds. The van der Waals surface area contributed by atoms with E-state index in [4.69, 9.17) is 32.3 Å². The molecule has 0 aliphatic rings. The first-order chi connectivity index (χ1) is 11.8. The molecule has 136 valence electrons. The molecule has 0 unspecified atom stereocenters. The smallest absolute Gasteiger partial charge is 0.328 e. The van der Waals surface area contributed by atoms with Crippen LogP contribution in [-0.2, 0) is 16.0 Å². The molecular weight excluding hydrogens is 348 g/mol. The largest absolute Gasteiger partial charge is 0.489 e. The number of hydrogen-bond donors (Lipinski definition) is 4. The van der Waals surface area contributed by atoms with E-state index in [0.29, 0.717) is 23.7 Å². The van der Waals surface area contributed by atoms with E-state index in [2.05, 4.69) is 4.98 Å². The zero-order chi connectivity index (χ0) is 19.0. The van der Waals surface area contributed by atoms with E-state index in [0.717, 1.165) is 28.6 Å². The maximum Gasteiger partial charge on any atom is 0.328 e. The van der Waals surface area contributed by atoms with Crippen molar-refractivity contribution in [3.05, 3.63) is 41.1 Å². The molecule has 0 saturated carbocycles. The van der Waals surface area contributed by atoms with Crippen molar-refractivity contribution in [2.75, 3.05) is 6.54 Å². The van der Waals surface area contributed by atoms with Crippen LogP contribution < -0.4 is 10.5 Å². The predicted molar refractivity (Wildman–Crippen MR) is 96.2 cm³/mol. The Morgan fingerprint density at radius 1 is 1.28 bits per heavy atom. The van der Waals surface area contributed by atoms with Crippen molar-refractivity contribution in [1.29, 1.82) is 0 Å². The Morgan fingerprint density at radius 2 is 1.88 bits per heavy atom. The summed E-state index contributed by atoms with van der Waals surface area (Å²) in [6, 6.07) is 3.88. The predicted octanol–water partition coefficient (Wildman–Crippen LogP) is 2.82. The standard InChI is InChI=1S/C13H17ClN2O.C4H4O4/c1-8(2)17-11-4-3-10-12(13(11)14)9(5-6-15)7-16-10;5-3(6)1-2-4(7)8/h3-4,7-8,16H,5-6,15H2,1-2H3;1-2H,(H,5,6)(H,7,8). The topological polar surface area (TPSA) is 126 Å². The van der Waals surface area contributed by atoms with Gasteiger partial charge in [0.05, 0.1) is 11.1 Å². The summed E-state index contributed by atoms with van der Waals surface area (Å²) in [5, 5.41) is 17.3. The third-order valence-corrected chi connectivity index (χ3v) is 3.35. The number of aliphatic carboxylic acids is 2. The summed E-state index contributed by atoms with van der Waals surface area (Å²) in [6.07, 6.45) is 4.00. The van der Waals surface area contributed by atoms with Crippen LogP contribution in [0.15, 0.2) is 30.5 Å². The minimum atomic E-state index is -1.26. The molecule has 0 radical (unpaired) electrons. The Labute approximate surface area is 150 Å². The summed E-state index contributed by atoms with van der Waals surface area (Å²) < 4.78 is 5.68. The number of nitrogens with one attached hydrogen (secondary N) is 1. The molecule has 5 N–H and O–H groups in total. The normalized spacial score (nSPS) is 10.8. The zero-order valence-corrected chi connectivity index (χ0v) is 14.7. The number of H-pyrrole nitrogens is 1. The number of carboxylic acids is 2. The highest BCUT2D eigenvalue weighted by molar-refractivity contribution is 6.37. The van der Waals surface area contributed by atoms with Crippen molar-refractivity contribution in [2.24, 2.45) is 5.73 Å². The van der Waals surface area contributed by atoms with E-state index in [1.807, 2.05) is 32.2 Å². The van der Waals surface area contributed by atoms with Gasteiger partial charge in [-0.1, -0.05) is 11.6 Å². The third kappa shape index (κ3) is 6.48. The van der Waals surface area contributed by atoms with Gasteiger partial charge in [0.15, 0.2) is 0 Å². The van der Waals surface area contributed by atoms with Gasteiger partial charge < -0.3 is 25.7 Å². The number of benzene rings is 1. The molecule has 1 aromatic carbocycles. The molecule has 0 aliphatic heterocycles. The molecule has 0 saturated heterocycles. The fourth-order valence-corrected chi connectivity index (χ4v) is 2.40. The van der Waals surface area contributed by atoms with Crippen LogP contribution in [0.1, 0.15) is 19.4 Å². The number of fused-ring (bicyclic) bond motifs is 1. The van der Waals surface area contributed by atoms with E-state index in [-0.39, 0.29) is 6.10 Å². The summed E-state index contributed by atoms with van der Waals surface area (Å²) in [5.41, 5.74) is 7.75. The molecule has 0 bridgehead atoms. The van der Waals surface area contributed by atoms with Crippen LogP contribution in [0, 0.1) is 0 Å². The lowest BCUT2D eigenvalue weighted by atomic mass is 10.1. The SMILES string of the molecule is CC(C)Oc1ccc2[nH]cc(CCN)c2c1Cl.O=C(O)C=CC(=O)O. The quantitative estimate of drug-likeness (QED) is 0.581. The second-order valence-electron chi connectivity index (χ2n) is 5.33. The molecule has 0 aliphatic carbocycles. The highest BCUT2D eigenvalue weighted by Gasteiger charge is 2.12. The van der Waals surface area contributed by atoms with Crippen LogP contribution in [-0.4, -0.2) is 39.8 Å². The minimum absolute atomic E-state index is 0.113.